The van der Waals surface area contributed by atoms with Gasteiger partial charge in [0.2, 0.25) is 0 Å². The van der Waals surface area contributed by atoms with E-state index >= 15 is 0 Å². The van der Waals surface area contributed by atoms with Gasteiger partial charge >= 0.3 is 0 Å². The molecule has 7 heteroatoms. The Morgan fingerprint density at radius 1 is 1.26 bits per heavy atom. The average molecular weight is 353 g/mol. The number of aromatic nitrogens is 1. The second-order valence-corrected chi connectivity index (χ2v) is 6.07. The zero-order chi connectivity index (χ0) is 16.4. The van der Waals surface area contributed by atoms with Gasteiger partial charge in [0.05, 0.1) is 18.7 Å². The van der Waals surface area contributed by atoms with Gasteiger partial charge < -0.3 is 14.6 Å². The quantitative estimate of drug-likeness (QED) is 0.903. The smallest absolute Gasteiger partial charge is 0.266 e. The van der Waals surface area contributed by atoms with E-state index in [0.29, 0.717) is 30.3 Å². The van der Waals surface area contributed by atoms with Crippen LogP contribution >= 0.6 is 23.2 Å². The molecule has 0 aliphatic carbocycles. The molecule has 0 spiro atoms. The second kappa shape index (κ2) is 6.74. The Morgan fingerprint density at radius 3 is 2.70 bits per heavy atom. The van der Waals surface area contributed by atoms with Crippen LogP contribution in [-0.2, 0) is 4.74 Å². The van der Waals surface area contributed by atoms with Crippen LogP contribution < -0.4 is 5.56 Å². The molecule has 1 saturated heterocycles. The Kier molecular flexibility index (Phi) is 4.71. The van der Waals surface area contributed by atoms with Gasteiger partial charge in [0.15, 0.2) is 0 Å². The summed E-state index contributed by atoms with van der Waals surface area (Å²) < 4.78 is 5.74. The summed E-state index contributed by atoms with van der Waals surface area (Å²) in [6.07, 6.45) is 1.17. The van der Waals surface area contributed by atoms with E-state index in [1.807, 2.05) is 12.1 Å². The summed E-state index contributed by atoms with van der Waals surface area (Å²) in [5.41, 5.74) is 0.905. The fourth-order valence-corrected chi connectivity index (χ4v) is 2.77. The van der Waals surface area contributed by atoms with Gasteiger partial charge in [-0.25, -0.2) is 0 Å². The van der Waals surface area contributed by atoms with E-state index in [0.717, 1.165) is 5.56 Å². The molecule has 1 aromatic carbocycles. The molecule has 2 aromatic rings. The SMILES string of the molecule is O=C(c1c[nH]c(=O)c(Cl)c1)N1CCO[C@H](c2ccc(Cl)cc2)C1. The summed E-state index contributed by atoms with van der Waals surface area (Å²) in [7, 11) is 0. The van der Waals surface area contributed by atoms with E-state index in [1.165, 1.54) is 12.3 Å². The molecular weight excluding hydrogens is 339 g/mol. The molecule has 0 unspecified atom stereocenters. The van der Waals surface area contributed by atoms with Crippen molar-refractivity contribution in [2.75, 3.05) is 19.7 Å². The summed E-state index contributed by atoms with van der Waals surface area (Å²) >= 11 is 11.7. The van der Waals surface area contributed by atoms with Crippen LogP contribution in [0.2, 0.25) is 10.0 Å². The minimum atomic E-state index is -0.413. The molecule has 1 aromatic heterocycles. The third-order valence-electron chi connectivity index (χ3n) is 3.70. The van der Waals surface area contributed by atoms with Gasteiger partial charge in [0.1, 0.15) is 11.1 Å². The first kappa shape index (κ1) is 16.1. The third-order valence-corrected chi connectivity index (χ3v) is 4.23. The highest BCUT2D eigenvalue weighted by molar-refractivity contribution is 6.31. The van der Waals surface area contributed by atoms with Crippen molar-refractivity contribution in [3.05, 3.63) is 68.1 Å². The van der Waals surface area contributed by atoms with Gasteiger partial charge in [0.25, 0.3) is 11.5 Å². The van der Waals surface area contributed by atoms with Gasteiger partial charge in [-0.2, -0.15) is 0 Å². The van der Waals surface area contributed by atoms with Crippen molar-refractivity contribution in [3.8, 4) is 0 Å². The molecule has 23 heavy (non-hydrogen) atoms. The molecule has 1 aliphatic heterocycles. The summed E-state index contributed by atoms with van der Waals surface area (Å²) in [5, 5.41) is 0.652. The number of rotatable bonds is 2. The normalized spacial score (nSPS) is 18.0. The average Bonchev–Trinajstić information content (AvgIpc) is 2.57. The van der Waals surface area contributed by atoms with E-state index in [-0.39, 0.29) is 17.0 Å². The fourth-order valence-electron chi connectivity index (χ4n) is 2.47. The minimum Gasteiger partial charge on any atom is -0.370 e. The predicted octanol–water partition coefficient (Wildman–Crippen LogP) is 2.90. The lowest BCUT2D eigenvalue weighted by molar-refractivity contribution is -0.0228. The van der Waals surface area contributed by atoms with E-state index in [9.17, 15) is 9.59 Å². The maximum absolute atomic E-state index is 12.6. The number of carbonyl (C=O) groups excluding carboxylic acids is 1. The first-order valence-corrected chi connectivity index (χ1v) is 7.85. The molecule has 120 valence electrons. The van der Waals surface area contributed by atoms with Crippen LogP contribution in [-0.4, -0.2) is 35.5 Å². The maximum Gasteiger partial charge on any atom is 0.266 e. The van der Waals surface area contributed by atoms with Crippen LogP contribution in [0.5, 0.6) is 0 Å². The zero-order valence-electron chi connectivity index (χ0n) is 12.1. The predicted molar refractivity (Wildman–Crippen MR) is 88.1 cm³/mol. The lowest BCUT2D eigenvalue weighted by atomic mass is 10.1. The number of amides is 1. The van der Waals surface area contributed by atoms with Crippen molar-refractivity contribution < 1.29 is 9.53 Å². The largest absolute Gasteiger partial charge is 0.370 e. The van der Waals surface area contributed by atoms with Crippen LogP contribution in [0.25, 0.3) is 0 Å². The van der Waals surface area contributed by atoms with Gasteiger partial charge in [-0.1, -0.05) is 35.3 Å². The highest BCUT2D eigenvalue weighted by Crippen LogP contribution is 2.24. The van der Waals surface area contributed by atoms with Crippen molar-refractivity contribution in [2.24, 2.45) is 0 Å². The number of nitrogens with one attached hydrogen (secondary N) is 1. The topological polar surface area (TPSA) is 62.4 Å². The second-order valence-electron chi connectivity index (χ2n) is 5.23. The number of nitrogens with zero attached hydrogens (tertiary/aromatic N) is 1. The lowest BCUT2D eigenvalue weighted by Crippen LogP contribution is -2.42. The van der Waals surface area contributed by atoms with Crippen LogP contribution in [0.4, 0.5) is 0 Å². The molecule has 1 fully saturated rings. The standard InChI is InChI=1S/C16H14Cl2N2O3/c17-12-3-1-10(2-4-12)14-9-20(5-6-23-14)16(22)11-7-13(18)15(21)19-8-11/h1-4,7-8,14H,5-6,9H2,(H,19,21)/t14-/m0/s1. The fraction of sp³-hybridized carbons (Fsp3) is 0.250. The number of hydrogen-bond acceptors (Lipinski definition) is 3. The van der Waals surface area contributed by atoms with E-state index in [4.69, 9.17) is 27.9 Å². The van der Waals surface area contributed by atoms with Crippen LogP contribution in [0.3, 0.4) is 0 Å². The van der Waals surface area contributed by atoms with Gasteiger partial charge in [-0.05, 0) is 23.8 Å². The van der Waals surface area contributed by atoms with Gasteiger partial charge in [-0.3, -0.25) is 9.59 Å². The Balaban J connectivity index is 1.77. The Labute approximate surface area is 142 Å². The number of halogens is 2. The highest BCUT2D eigenvalue weighted by atomic mass is 35.5. The van der Waals surface area contributed by atoms with Gasteiger partial charge in [0, 0.05) is 17.8 Å². The summed E-state index contributed by atoms with van der Waals surface area (Å²) in [4.78, 5) is 28.0. The van der Waals surface area contributed by atoms with Crippen molar-refractivity contribution in [2.45, 2.75) is 6.10 Å². The van der Waals surface area contributed by atoms with E-state index < -0.39 is 5.56 Å². The number of pyridine rings is 1. The Bertz CT molecular complexity index is 774. The number of hydrogen-bond donors (Lipinski definition) is 1. The van der Waals surface area contributed by atoms with Gasteiger partial charge in [-0.15, -0.1) is 0 Å². The highest BCUT2D eigenvalue weighted by Gasteiger charge is 2.26. The first-order valence-electron chi connectivity index (χ1n) is 7.09. The number of carbonyl (C=O) groups is 1. The molecular formula is C16H14Cl2N2O3. The van der Waals surface area contributed by atoms with Crippen molar-refractivity contribution in [1.29, 1.82) is 0 Å². The van der Waals surface area contributed by atoms with Crippen LogP contribution in [0.15, 0.2) is 41.3 Å². The van der Waals surface area contributed by atoms with Crippen molar-refractivity contribution >= 4 is 29.1 Å². The van der Waals surface area contributed by atoms with E-state index in [2.05, 4.69) is 4.98 Å². The molecule has 0 bridgehead atoms. The summed E-state index contributed by atoms with van der Waals surface area (Å²) in [6.45, 7) is 1.35. The molecule has 3 rings (SSSR count). The molecule has 0 saturated carbocycles. The van der Waals surface area contributed by atoms with Crippen LogP contribution in [0.1, 0.15) is 22.0 Å². The Hall–Kier alpha value is -1.82. The minimum absolute atomic E-state index is 0.00152. The third kappa shape index (κ3) is 3.58. The number of ether oxygens (including phenoxy) is 1. The Morgan fingerprint density at radius 2 is 2.00 bits per heavy atom. The number of benzene rings is 1. The van der Waals surface area contributed by atoms with Crippen molar-refractivity contribution in [3.63, 3.8) is 0 Å². The molecule has 1 aliphatic rings. The molecule has 1 atom stereocenters. The summed E-state index contributed by atoms with van der Waals surface area (Å²) in [6, 6.07) is 8.75. The molecule has 2 heterocycles. The summed E-state index contributed by atoms with van der Waals surface area (Å²) in [5.74, 6) is -0.189. The number of morpholine rings is 1. The maximum atomic E-state index is 12.6. The lowest BCUT2D eigenvalue weighted by Gasteiger charge is -2.33. The number of aromatic amines is 1. The van der Waals surface area contributed by atoms with Crippen LogP contribution in [0, 0.1) is 0 Å². The zero-order valence-corrected chi connectivity index (χ0v) is 13.6. The molecule has 1 N–H and O–H groups in total. The molecule has 5 nitrogen and oxygen atoms in total. The molecule has 1 amide bonds. The number of H-pyrrole nitrogens is 1. The van der Waals surface area contributed by atoms with E-state index in [1.54, 1.807) is 17.0 Å². The van der Waals surface area contributed by atoms with Crippen molar-refractivity contribution in [1.82, 2.24) is 9.88 Å². The molecule has 0 radical (unpaired) electrons. The first-order chi connectivity index (χ1) is 11.0. The monoisotopic (exact) mass is 352 g/mol.